The zero-order valence-electron chi connectivity index (χ0n) is 11.4. The first kappa shape index (κ1) is 15.9. The molecule has 0 atom stereocenters. The lowest BCUT2D eigenvalue weighted by Crippen LogP contribution is -2.16. The number of rotatable bonds is 7. The van der Waals surface area contributed by atoms with E-state index in [-0.39, 0.29) is 5.75 Å². The molecular formula is C16H16BrF2NO. The maximum atomic E-state index is 12.2. The Hall–Kier alpha value is -1.46. The van der Waals surface area contributed by atoms with Gasteiger partial charge in [-0.25, -0.2) is 0 Å². The van der Waals surface area contributed by atoms with E-state index in [9.17, 15) is 8.78 Å². The van der Waals surface area contributed by atoms with Gasteiger partial charge in [-0.2, -0.15) is 8.78 Å². The molecule has 0 aromatic heterocycles. The van der Waals surface area contributed by atoms with E-state index in [1.54, 1.807) is 18.2 Å². The van der Waals surface area contributed by atoms with Gasteiger partial charge in [0.2, 0.25) is 0 Å². The van der Waals surface area contributed by atoms with Crippen molar-refractivity contribution in [2.24, 2.45) is 0 Å². The molecule has 0 aliphatic carbocycles. The van der Waals surface area contributed by atoms with Crippen LogP contribution in [0.1, 0.15) is 11.1 Å². The second-order valence-electron chi connectivity index (χ2n) is 4.56. The minimum Gasteiger partial charge on any atom is -0.434 e. The van der Waals surface area contributed by atoms with Crippen molar-refractivity contribution in [1.29, 1.82) is 0 Å². The van der Waals surface area contributed by atoms with Crippen LogP contribution in [0.3, 0.4) is 0 Å². The van der Waals surface area contributed by atoms with Gasteiger partial charge in [-0.3, -0.25) is 0 Å². The van der Waals surface area contributed by atoms with Crippen molar-refractivity contribution in [3.8, 4) is 5.75 Å². The van der Waals surface area contributed by atoms with Crippen LogP contribution in [0.25, 0.3) is 0 Å². The minimum atomic E-state index is -2.81. The lowest BCUT2D eigenvalue weighted by molar-refractivity contribution is -0.0503. The number of alkyl halides is 2. The summed E-state index contributed by atoms with van der Waals surface area (Å²) in [5.41, 5.74) is 2.29. The highest BCUT2D eigenvalue weighted by atomic mass is 79.9. The Morgan fingerprint density at radius 2 is 1.81 bits per heavy atom. The van der Waals surface area contributed by atoms with Gasteiger partial charge in [0.25, 0.3) is 0 Å². The topological polar surface area (TPSA) is 21.3 Å². The molecule has 2 nitrogen and oxygen atoms in total. The summed E-state index contributed by atoms with van der Waals surface area (Å²) >= 11 is 3.24. The molecule has 0 amide bonds. The highest BCUT2D eigenvalue weighted by Gasteiger charge is 2.08. The molecule has 0 aliphatic heterocycles. The van der Waals surface area contributed by atoms with Crippen LogP contribution in [-0.4, -0.2) is 13.2 Å². The van der Waals surface area contributed by atoms with Gasteiger partial charge < -0.3 is 10.1 Å². The predicted octanol–water partition coefficient (Wildman–Crippen LogP) is 4.38. The van der Waals surface area contributed by atoms with Crippen LogP contribution in [0.15, 0.2) is 53.0 Å². The first-order chi connectivity index (χ1) is 10.1. The van der Waals surface area contributed by atoms with Crippen LogP contribution < -0.4 is 10.1 Å². The van der Waals surface area contributed by atoms with E-state index in [4.69, 9.17) is 0 Å². The van der Waals surface area contributed by atoms with Crippen LogP contribution in [-0.2, 0) is 13.0 Å². The van der Waals surface area contributed by atoms with Crippen LogP contribution in [0, 0.1) is 0 Å². The molecule has 2 rings (SSSR count). The number of ether oxygens (including phenoxy) is 1. The molecule has 0 bridgehead atoms. The molecule has 0 aliphatic rings. The van der Waals surface area contributed by atoms with E-state index >= 15 is 0 Å². The third kappa shape index (κ3) is 5.44. The molecule has 0 unspecified atom stereocenters. The van der Waals surface area contributed by atoms with Crippen molar-refractivity contribution in [3.05, 3.63) is 64.1 Å². The molecule has 112 valence electrons. The first-order valence-corrected chi connectivity index (χ1v) is 7.42. The highest BCUT2D eigenvalue weighted by Crippen LogP contribution is 2.27. The molecule has 0 radical (unpaired) electrons. The highest BCUT2D eigenvalue weighted by molar-refractivity contribution is 9.10. The Morgan fingerprint density at radius 3 is 2.48 bits per heavy atom. The van der Waals surface area contributed by atoms with Gasteiger partial charge in [-0.1, -0.05) is 36.4 Å². The summed E-state index contributed by atoms with van der Waals surface area (Å²) in [6, 6.07) is 15.3. The van der Waals surface area contributed by atoms with E-state index < -0.39 is 6.61 Å². The molecule has 0 fully saturated rings. The third-order valence-electron chi connectivity index (χ3n) is 2.97. The van der Waals surface area contributed by atoms with Crippen molar-refractivity contribution < 1.29 is 13.5 Å². The van der Waals surface area contributed by atoms with Crippen LogP contribution in [0.4, 0.5) is 8.78 Å². The fourth-order valence-corrected chi connectivity index (χ4v) is 2.48. The van der Waals surface area contributed by atoms with Gasteiger partial charge in [0.15, 0.2) is 0 Å². The Balaban J connectivity index is 1.79. The van der Waals surface area contributed by atoms with E-state index in [0.29, 0.717) is 11.0 Å². The zero-order valence-corrected chi connectivity index (χ0v) is 12.9. The zero-order chi connectivity index (χ0) is 15.1. The van der Waals surface area contributed by atoms with E-state index in [1.807, 2.05) is 18.2 Å². The number of halogens is 3. The fraction of sp³-hybridized carbons (Fsp3) is 0.250. The second kappa shape index (κ2) is 8.10. The molecule has 1 N–H and O–H groups in total. The Kier molecular flexibility index (Phi) is 6.14. The third-order valence-corrected chi connectivity index (χ3v) is 3.59. The Morgan fingerprint density at radius 1 is 1.05 bits per heavy atom. The predicted molar refractivity (Wildman–Crippen MR) is 82.6 cm³/mol. The summed E-state index contributed by atoms with van der Waals surface area (Å²) in [6.07, 6.45) is 0.953. The number of benzene rings is 2. The van der Waals surface area contributed by atoms with Crippen molar-refractivity contribution in [2.75, 3.05) is 6.54 Å². The van der Waals surface area contributed by atoms with E-state index in [1.165, 1.54) is 5.56 Å². The average Bonchev–Trinajstić information content (AvgIpc) is 2.47. The summed E-state index contributed by atoms with van der Waals surface area (Å²) in [6.45, 7) is -1.27. The van der Waals surface area contributed by atoms with Crippen molar-refractivity contribution in [3.63, 3.8) is 0 Å². The van der Waals surface area contributed by atoms with E-state index in [0.717, 1.165) is 18.5 Å². The van der Waals surface area contributed by atoms with E-state index in [2.05, 4.69) is 38.1 Å². The number of hydrogen-bond acceptors (Lipinski definition) is 2. The SMILES string of the molecule is FC(F)Oc1ccc(CNCCc2ccccc2)cc1Br. The lowest BCUT2D eigenvalue weighted by Gasteiger charge is -2.09. The van der Waals surface area contributed by atoms with Crippen molar-refractivity contribution in [2.45, 2.75) is 19.6 Å². The monoisotopic (exact) mass is 355 g/mol. The van der Waals surface area contributed by atoms with Crippen molar-refractivity contribution in [1.82, 2.24) is 5.32 Å². The maximum absolute atomic E-state index is 12.2. The first-order valence-electron chi connectivity index (χ1n) is 6.63. The number of nitrogens with one attached hydrogen (secondary N) is 1. The number of hydrogen-bond donors (Lipinski definition) is 1. The van der Waals surface area contributed by atoms with Gasteiger partial charge in [0.05, 0.1) is 4.47 Å². The largest absolute Gasteiger partial charge is 0.434 e. The van der Waals surface area contributed by atoms with Crippen molar-refractivity contribution >= 4 is 15.9 Å². The molecule has 21 heavy (non-hydrogen) atoms. The summed E-state index contributed by atoms with van der Waals surface area (Å²) in [5.74, 6) is 0.151. The molecular weight excluding hydrogens is 340 g/mol. The summed E-state index contributed by atoms with van der Waals surface area (Å²) < 4.78 is 29.2. The molecule has 0 saturated carbocycles. The summed E-state index contributed by atoms with van der Waals surface area (Å²) in [5, 5.41) is 3.33. The van der Waals surface area contributed by atoms with Gasteiger partial charge in [0.1, 0.15) is 5.75 Å². The fourth-order valence-electron chi connectivity index (χ4n) is 1.96. The minimum absolute atomic E-state index is 0.151. The smallest absolute Gasteiger partial charge is 0.387 e. The molecule has 0 heterocycles. The van der Waals surface area contributed by atoms with Gasteiger partial charge >= 0.3 is 6.61 Å². The average molecular weight is 356 g/mol. The summed E-state index contributed by atoms with van der Waals surface area (Å²) in [4.78, 5) is 0. The van der Waals surface area contributed by atoms with Gasteiger partial charge in [0, 0.05) is 6.54 Å². The molecule has 2 aromatic carbocycles. The Bertz CT molecular complexity index is 563. The molecule has 2 aromatic rings. The quantitative estimate of drug-likeness (QED) is 0.744. The lowest BCUT2D eigenvalue weighted by atomic mass is 10.1. The molecule has 5 heteroatoms. The van der Waals surface area contributed by atoms with Gasteiger partial charge in [-0.15, -0.1) is 0 Å². The van der Waals surface area contributed by atoms with Crippen LogP contribution in [0.2, 0.25) is 0 Å². The van der Waals surface area contributed by atoms with Gasteiger partial charge in [-0.05, 0) is 52.2 Å². The second-order valence-corrected chi connectivity index (χ2v) is 5.41. The normalized spacial score (nSPS) is 10.9. The van der Waals surface area contributed by atoms with Crippen LogP contribution >= 0.6 is 15.9 Å². The maximum Gasteiger partial charge on any atom is 0.387 e. The standard InChI is InChI=1S/C16H16BrF2NO/c17-14-10-13(6-7-15(14)21-16(18)19)11-20-9-8-12-4-2-1-3-5-12/h1-7,10,16,20H,8-9,11H2. The summed E-state index contributed by atoms with van der Waals surface area (Å²) in [7, 11) is 0. The molecule has 0 spiro atoms. The van der Waals surface area contributed by atoms with Crippen LogP contribution in [0.5, 0.6) is 5.75 Å². The Labute approximate surface area is 131 Å². The molecule has 0 saturated heterocycles.